The minimum Gasteiger partial charge on any atom is -0.478 e. The number of carbonyl (C=O) groups is 3. The van der Waals surface area contributed by atoms with E-state index in [2.05, 4.69) is 26.6 Å². The van der Waals surface area contributed by atoms with Crippen molar-refractivity contribution in [1.29, 1.82) is 0 Å². The van der Waals surface area contributed by atoms with E-state index < -0.39 is 23.9 Å². The first-order chi connectivity index (χ1) is 8.79. The molecule has 7 nitrogen and oxygen atoms in total. The summed E-state index contributed by atoms with van der Waals surface area (Å²) in [6.45, 7) is 1.44. The molecule has 0 bridgehead atoms. The van der Waals surface area contributed by atoms with Crippen LogP contribution >= 0.6 is 15.9 Å². The number of carboxylic acids is 1. The lowest BCUT2D eigenvalue weighted by atomic mass is 10.2. The summed E-state index contributed by atoms with van der Waals surface area (Å²) in [5, 5.41) is 13.6. The summed E-state index contributed by atoms with van der Waals surface area (Å²) in [4.78, 5) is 33.2. The summed E-state index contributed by atoms with van der Waals surface area (Å²) in [5.41, 5.74) is 5.30. The van der Waals surface area contributed by atoms with E-state index in [4.69, 9.17) is 10.8 Å². The monoisotopic (exact) mass is 329 g/mol. The van der Waals surface area contributed by atoms with Crippen LogP contribution in [0.2, 0.25) is 0 Å². The van der Waals surface area contributed by atoms with Gasteiger partial charge in [-0.3, -0.25) is 4.79 Å². The van der Waals surface area contributed by atoms with Crippen LogP contribution in [0.15, 0.2) is 22.7 Å². The summed E-state index contributed by atoms with van der Waals surface area (Å²) in [6.07, 6.45) is 0. The van der Waals surface area contributed by atoms with Crippen LogP contribution in [0.25, 0.3) is 0 Å². The molecule has 0 aliphatic heterocycles. The van der Waals surface area contributed by atoms with Gasteiger partial charge < -0.3 is 21.5 Å². The molecule has 102 valence electrons. The number of primary amides is 1. The first-order valence-electron chi connectivity index (χ1n) is 5.20. The average Bonchev–Trinajstić information content (AvgIpc) is 2.27. The Bertz CT molecular complexity index is 533. The highest BCUT2D eigenvalue weighted by Crippen LogP contribution is 2.19. The van der Waals surface area contributed by atoms with E-state index in [0.717, 1.165) is 0 Å². The number of hydrogen-bond donors (Lipinski definition) is 4. The predicted octanol–water partition coefficient (Wildman–Crippen LogP) is 1.14. The van der Waals surface area contributed by atoms with Crippen LogP contribution in [-0.2, 0) is 4.79 Å². The second-order valence-electron chi connectivity index (χ2n) is 3.76. The van der Waals surface area contributed by atoms with Gasteiger partial charge in [0, 0.05) is 10.2 Å². The molecule has 8 heteroatoms. The van der Waals surface area contributed by atoms with Crippen molar-refractivity contribution in [2.24, 2.45) is 5.73 Å². The van der Waals surface area contributed by atoms with Crippen molar-refractivity contribution in [3.63, 3.8) is 0 Å². The zero-order valence-corrected chi connectivity index (χ0v) is 11.5. The van der Waals surface area contributed by atoms with Gasteiger partial charge in [0.15, 0.2) is 0 Å². The molecule has 0 saturated carbocycles. The third kappa shape index (κ3) is 4.59. The second-order valence-corrected chi connectivity index (χ2v) is 4.67. The molecule has 0 saturated heterocycles. The SMILES string of the molecule is CC(NC(=O)Nc1cc(Br)cc(C(=O)O)c1)C(N)=O. The number of nitrogens with two attached hydrogens (primary N) is 1. The maximum Gasteiger partial charge on any atom is 0.335 e. The Morgan fingerprint density at radius 1 is 1.32 bits per heavy atom. The number of rotatable bonds is 4. The third-order valence-corrected chi connectivity index (χ3v) is 2.63. The number of urea groups is 1. The zero-order chi connectivity index (χ0) is 14.6. The summed E-state index contributed by atoms with van der Waals surface area (Å²) in [6, 6.07) is 2.74. The largest absolute Gasteiger partial charge is 0.478 e. The molecule has 1 rings (SSSR count). The van der Waals surface area contributed by atoms with Crippen LogP contribution in [-0.4, -0.2) is 29.1 Å². The first kappa shape index (κ1) is 15.0. The molecule has 0 aliphatic carbocycles. The Labute approximate surface area is 117 Å². The van der Waals surface area contributed by atoms with Gasteiger partial charge in [0.05, 0.1) is 5.56 Å². The number of nitrogens with one attached hydrogen (secondary N) is 2. The van der Waals surface area contributed by atoms with Crippen molar-refractivity contribution in [2.75, 3.05) is 5.32 Å². The third-order valence-electron chi connectivity index (χ3n) is 2.18. The smallest absolute Gasteiger partial charge is 0.335 e. The van der Waals surface area contributed by atoms with E-state index in [-0.39, 0.29) is 11.3 Å². The van der Waals surface area contributed by atoms with Crippen LogP contribution in [0.4, 0.5) is 10.5 Å². The topological polar surface area (TPSA) is 122 Å². The van der Waals surface area contributed by atoms with Crippen molar-refractivity contribution in [1.82, 2.24) is 5.32 Å². The van der Waals surface area contributed by atoms with E-state index >= 15 is 0 Å². The molecule has 1 unspecified atom stereocenters. The molecule has 0 radical (unpaired) electrons. The summed E-state index contributed by atoms with van der Waals surface area (Å²) >= 11 is 3.14. The Morgan fingerprint density at radius 2 is 1.95 bits per heavy atom. The van der Waals surface area contributed by atoms with Crippen molar-refractivity contribution in [3.8, 4) is 0 Å². The normalized spacial score (nSPS) is 11.5. The maximum absolute atomic E-state index is 11.5. The maximum atomic E-state index is 11.5. The van der Waals surface area contributed by atoms with Gasteiger partial charge in [-0.15, -0.1) is 0 Å². The Morgan fingerprint density at radius 3 is 2.47 bits per heavy atom. The standard InChI is InChI=1S/C11H12BrN3O4/c1-5(9(13)16)14-11(19)15-8-3-6(10(17)18)2-7(12)4-8/h2-5H,1H3,(H2,13,16)(H,17,18)(H2,14,15,19). The Kier molecular flexibility index (Phi) is 4.87. The summed E-state index contributed by atoms with van der Waals surface area (Å²) in [7, 11) is 0. The number of carbonyl (C=O) groups excluding carboxylic acids is 2. The average molecular weight is 330 g/mol. The number of amides is 3. The lowest BCUT2D eigenvalue weighted by molar-refractivity contribution is -0.119. The van der Waals surface area contributed by atoms with Crippen LogP contribution in [0.1, 0.15) is 17.3 Å². The number of hydrogen-bond acceptors (Lipinski definition) is 3. The van der Waals surface area contributed by atoms with E-state index in [1.165, 1.54) is 25.1 Å². The highest BCUT2D eigenvalue weighted by molar-refractivity contribution is 9.10. The highest BCUT2D eigenvalue weighted by atomic mass is 79.9. The van der Waals surface area contributed by atoms with Gasteiger partial charge in [0.25, 0.3) is 0 Å². The van der Waals surface area contributed by atoms with E-state index in [9.17, 15) is 14.4 Å². The lowest BCUT2D eigenvalue weighted by Crippen LogP contribution is -2.44. The van der Waals surface area contributed by atoms with Gasteiger partial charge in [-0.25, -0.2) is 9.59 Å². The van der Waals surface area contributed by atoms with Crippen LogP contribution < -0.4 is 16.4 Å². The van der Waals surface area contributed by atoms with Crippen molar-refractivity contribution < 1.29 is 19.5 Å². The van der Waals surface area contributed by atoms with Gasteiger partial charge in [-0.05, 0) is 25.1 Å². The van der Waals surface area contributed by atoms with Crippen LogP contribution in [0.5, 0.6) is 0 Å². The molecule has 5 N–H and O–H groups in total. The molecule has 3 amide bonds. The lowest BCUT2D eigenvalue weighted by Gasteiger charge is -2.12. The summed E-state index contributed by atoms with van der Waals surface area (Å²) < 4.78 is 0.505. The molecular formula is C11H12BrN3O4. The Hall–Kier alpha value is -2.09. The van der Waals surface area contributed by atoms with Gasteiger partial charge in [0.2, 0.25) is 5.91 Å². The zero-order valence-electron chi connectivity index (χ0n) is 9.94. The number of anilines is 1. The molecule has 0 aromatic heterocycles. The minimum atomic E-state index is -1.12. The molecule has 1 aromatic carbocycles. The molecule has 0 heterocycles. The van der Waals surface area contributed by atoms with Gasteiger partial charge in [-0.1, -0.05) is 15.9 Å². The number of halogens is 1. The van der Waals surface area contributed by atoms with E-state index in [1.807, 2.05) is 0 Å². The van der Waals surface area contributed by atoms with Gasteiger partial charge in [0.1, 0.15) is 6.04 Å². The van der Waals surface area contributed by atoms with E-state index in [0.29, 0.717) is 4.47 Å². The highest BCUT2D eigenvalue weighted by Gasteiger charge is 2.13. The number of aromatic carboxylic acids is 1. The van der Waals surface area contributed by atoms with Crippen molar-refractivity contribution >= 4 is 39.5 Å². The molecule has 1 aromatic rings. The fraction of sp³-hybridized carbons (Fsp3) is 0.182. The number of carboxylic acid groups (broad SMARTS) is 1. The van der Waals surface area contributed by atoms with Gasteiger partial charge >= 0.3 is 12.0 Å². The van der Waals surface area contributed by atoms with E-state index in [1.54, 1.807) is 0 Å². The quantitative estimate of drug-likeness (QED) is 0.661. The minimum absolute atomic E-state index is 0.0209. The molecule has 1 atom stereocenters. The summed E-state index contributed by atoms with van der Waals surface area (Å²) in [5.74, 6) is -1.79. The first-order valence-corrected chi connectivity index (χ1v) is 5.99. The van der Waals surface area contributed by atoms with Crippen molar-refractivity contribution in [3.05, 3.63) is 28.2 Å². The molecule has 19 heavy (non-hydrogen) atoms. The molecule has 0 aliphatic rings. The Balaban J connectivity index is 2.79. The van der Waals surface area contributed by atoms with Crippen LogP contribution in [0, 0.1) is 0 Å². The second kappa shape index (κ2) is 6.19. The molecular weight excluding hydrogens is 318 g/mol. The molecule has 0 fully saturated rings. The van der Waals surface area contributed by atoms with Crippen LogP contribution in [0.3, 0.4) is 0 Å². The fourth-order valence-corrected chi connectivity index (χ4v) is 1.71. The van der Waals surface area contributed by atoms with Gasteiger partial charge in [-0.2, -0.15) is 0 Å². The number of benzene rings is 1. The predicted molar refractivity (Wildman–Crippen MR) is 71.9 cm³/mol. The molecule has 0 spiro atoms. The fourth-order valence-electron chi connectivity index (χ4n) is 1.22. The van der Waals surface area contributed by atoms with Crippen molar-refractivity contribution in [2.45, 2.75) is 13.0 Å².